The fourth-order valence-corrected chi connectivity index (χ4v) is 3.99. The van der Waals surface area contributed by atoms with Crippen LogP contribution in [0, 0.1) is 0 Å². The van der Waals surface area contributed by atoms with Gasteiger partial charge < -0.3 is 24.6 Å². The first-order valence-electron chi connectivity index (χ1n) is 10.6. The summed E-state index contributed by atoms with van der Waals surface area (Å²) in [7, 11) is 1.80. The average Bonchev–Trinajstić information content (AvgIpc) is 2.79. The minimum atomic E-state index is -0.241. The number of nitrogens with zero attached hydrogens (tertiary/aromatic N) is 4. The first-order valence-corrected chi connectivity index (χ1v) is 10.9. The highest BCUT2D eigenvalue weighted by molar-refractivity contribution is 14.0. The van der Waals surface area contributed by atoms with Gasteiger partial charge in [-0.05, 0) is 24.6 Å². The largest absolute Gasteiger partial charge is 0.450 e. The third-order valence-corrected chi connectivity index (χ3v) is 5.76. The Morgan fingerprint density at radius 1 is 1.13 bits per heavy atom. The van der Waals surface area contributed by atoms with Crippen molar-refractivity contribution < 1.29 is 14.3 Å². The Morgan fingerprint density at radius 2 is 1.74 bits per heavy atom. The molecule has 174 valence electrons. The van der Waals surface area contributed by atoms with Gasteiger partial charge in [0.1, 0.15) is 0 Å². The van der Waals surface area contributed by atoms with Crippen LogP contribution in [0.1, 0.15) is 18.5 Å². The van der Waals surface area contributed by atoms with Gasteiger partial charge in [0.25, 0.3) is 0 Å². The molecule has 0 spiro atoms. The lowest BCUT2D eigenvalue weighted by atomic mass is 10.0. The molecule has 2 aliphatic rings. The lowest BCUT2D eigenvalue weighted by Crippen LogP contribution is -2.55. The van der Waals surface area contributed by atoms with E-state index in [4.69, 9.17) is 21.1 Å². The highest BCUT2D eigenvalue weighted by Crippen LogP contribution is 2.23. The normalized spacial score (nSPS) is 18.9. The maximum absolute atomic E-state index is 11.9. The van der Waals surface area contributed by atoms with Gasteiger partial charge in [-0.2, -0.15) is 0 Å². The number of nitrogens with one attached hydrogen (secondary N) is 1. The van der Waals surface area contributed by atoms with Crippen LogP contribution in [0.5, 0.6) is 0 Å². The minimum Gasteiger partial charge on any atom is -0.450 e. The molecule has 0 saturated carbocycles. The van der Waals surface area contributed by atoms with Gasteiger partial charge in [0.15, 0.2) is 5.96 Å². The molecule has 3 rings (SSSR count). The number of hydrogen-bond donors (Lipinski definition) is 1. The van der Waals surface area contributed by atoms with E-state index in [1.807, 2.05) is 19.1 Å². The Balaban J connectivity index is 0.00000341. The second-order valence-electron chi connectivity index (χ2n) is 7.32. The molecule has 2 heterocycles. The third kappa shape index (κ3) is 7.37. The summed E-state index contributed by atoms with van der Waals surface area (Å²) in [5, 5.41) is 4.28. The van der Waals surface area contributed by atoms with Crippen LogP contribution in [0.4, 0.5) is 4.79 Å². The zero-order valence-corrected chi connectivity index (χ0v) is 21.3. The van der Waals surface area contributed by atoms with Crippen LogP contribution in [0.15, 0.2) is 29.3 Å². The number of piperazine rings is 1. The van der Waals surface area contributed by atoms with Crippen molar-refractivity contribution in [3.63, 3.8) is 0 Å². The van der Waals surface area contributed by atoms with Crippen LogP contribution in [0.2, 0.25) is 5.02 Å². The smallest absolute Gasteiger partial charge is 0.409 e. The number of morpholine rings is 1. The van der Waals surface area contributed by atoms with Crippen molar-refractivity contribution in [3.05, 3.63) is 34.9 Å². The Kier molecular flexibility index (Phi) is 11.1. The molecule has 0 aromatic heterocycles. The average molecular weight is 566 g/mol. The van der Waals surface area contributed by atoms with Gasteiger partial charge in [-0.3, -0.25) is 9.89 Å². The SMILES string of the molecule is CCOC(=O)N1CCN(C(=NC)NCC(c2ccc(Cl)cc2)N2CCOCC2)CC1.I. The molecule has 1 aromatic carbocycles. The van der Waals surface area contributed by atoms with Gasteiger partial charge in [-0.1, -0.05) is 23.7 Å². The van der Waals surface area contributed by atoms with E-state index in [9.17, 15) is 4.79 Å². The van der Waals surface area contributed by atoms with E-state index in [1.54, 1.807) is 11.9 Å². The molecule has 1 aromatic rings. The van der Waals surface area contributed by atoms with Crippen molar-refractivity contribution in [3.8, 4) is 0 Å². The molecule has 31 heavy (non-hydrogen) atoms. The van der Waals surface area contributed by atoms with Crippen molar-refractivity contribution in [2.24, 2.45) is 4.99 Å². The molecule has 2 saturated heterocycles. The second kappa shape index (κ2) is 13.3. The number of benzene rings is 1. The Morgan fingerprint density at radius 3 is 2.32 bits per heavy atom. The Hall–Kier alpha value is -1.30. The van der Waals surface area contributed by atoms with E-state index in [0.717, 1.165) is 56.9 Å². The van der Waals surface area contributed by atoms with E-state index in [2.05, 4.69) is 32.2 Å². The predicted octanol–water partition coefficient (Wildman–Crippen LogP) is 2.68. The number of carbonyl (C=O) groups excluding carboxylic acids is 1. The molecular formula is C21H33ClIN5O3. The van der Waals surface area contributed by atoms with E-state index in [-0.39, 0.29) is 36.1 Å². The van der Waals surface area contributed by atoms with Gasteiger partial charge >= 0.3 is 6.09 Å². The molecule has 8 nitrogen and oxygen atoms in total. The number of ether oxygens (including phenoxy) is 2. The predicted molar refractivity (Wildman–Crippen MR) is 134 cm³/mol. The lowest BCUT2D eigenvalue weighted by molar-refractivity contribution is 0.0168. The van der Waals surface area contributed by atoms with Crippen LogP contribution < -0.4 is 5.32 Å². The molecular weight excluding hydrogens is 533 g/mol. The molecule has 0 bridgehead atoms. The van der Waals surface area contributed by atoms with Crippen LogP contribution in [0.3, 0.4) is 0 Å². The number of halogens is 2. The maximum Gasteiger partial charge on any atom is 0.409 e. The summed E-state index contributed by atoms with van der Waals surface area (Å²) in [5.41, 5.74) is 1.22. The van der Waals surface area contributed by atoms with Gasteiger partial charge in [0.05, 0.1) is 25.9 Å². The quantitative estimate of drug-likeness (QED) is 0.336. The van der Waals surface area contributed by atoms with Crippen LogP contribution in [0.25, 0.3) is 0 Å². The summed E-state index contributed by atoms with van der Waals surface area (Å²) in [4.78, 5) is 22.8. The third-order valence-electron chi connectivity index (χ3n) is 5.51. The lowest BCUT2D eigenvalue weighted by Gasteiger charge is -2.38. The fraction of sp³-hybridized carbons (Fsp3) is 0.619. The molecule has 2 aliphatic heterocycles. The number of rotatable bonds is 5. The minimum absolute atomic E-state index is 0. The van der Waals surface area contributed by atoms with Crippen molar-refractivity contribution in [2.45, 2.75) is 13.0 Å². The Labute approximate surface area is 206 Å². The molecule has 10 heteroatoms. The monoisotopic (exact) mass is 565 g/mol. The fourth-order valence-electron chi connectivity index (χ4n) is 3.87. The first kappa shape index (κ1) is 26.0. The number of hydrogen-bond acceptors (Lipinski definition) is 5. The number of amides is 1. The molecule has 1 N–H and O–H groups in total. The molecule has 1 amide bonds. The number of aliphatic imine (C=N–C) groups is 1. The second-order valence-corrected chi connectivity index (χ2v) is 7.75. The zero-order valence-electron chi connectivity index (χ0n) is 18.3. The van der Waals surface area contributed by atoms with Crippen LogP contribution in [-0.2, 0) is 9.47 Å². The van der Waals surface area contributed by atoms with Gasteiger partial charge in [-0.15, -0.1) is 24.0 Å². The van der Waals surface area contributed by atoms with Crippen LogP contribution in [-0.4, -0.2) is 99.4 Å². The summed E-state index contributed by atoms with van der Waals surface area (Å²) in [6.07, 6.45) is -0.241. The summed E-state index contributed by atoms with van der Waals surface area (Å²) in [6, 6.07) is 8.25. The van der Waals surface area contributed by atoms with Crippen molar-refractivity contribution in [1.29, 1.82) is 0 Å². The number of carbonyl (C=O) groups is 1. The van der Waals surface area contributed by atoms with Crippen molar-refractivity contribution in [1.82, 2.24) is 20.0 Å². The van der Waals surface area contributed by atoms with Crippen LogP contribution >= 0.6 is 35.6 Å². The highest BCUT2D eigenvalue weighted by atomic mass is 127. The standard InChI is InChI=1S/C21H32ClN5O3.HI/c1-3-30-21(28)27-10-8-26(9-11-27)20(23-2)24-16-19(25-12-14-29-15-13-25)17-4-6-18(22)7-5-17;/h4-7,19H,3,8-16H2,1-2H3,(H,23,24);1H. The van der Waals surface area contributed by atoms with Gasteiger partial charge in [0.2, 0.25) is 0 Å². The first-order chi connectivity index (χ1) is 14.6. The van der Waals surface area contributed by atoms with Gasteiger partial charge in [0, 0.05) is 57.9 Å². The molecule has 2 fully saturated rings. The van der Waals surface area contributed by atoms with E-state index in [0.29, 0.717) is 19.7 Å². The van der Waals surface area contributed by atoms with Crippen molar-refractivity contribution in [2.75, 3.05) is 72.7 Å². The summed E-state index contributed by atoms with van der Waals surface area (Å²) in [5.74, 6) is 0.853. The van der Waals surface area contributed by atoms with Crippen molar-refractivity contribution >= 4 is 47.6 Å². The number of guanidine groups is 1. The van der Waals surface area contributed by atoms with E-state index >= 15 is 0 Å². The molecule has 0 aliphatic carbocycles. The topological polar surface area (TPSA) is 69.6 Å². The highest BCUT2D eigenvalue weighted by Gasteiger charge is 2.26. The summed E-state index contributed by atoms with van der Waals surface area (Å²) < 4.78 is 10.6. The summed E-state index contributed by atoms with van der Waals surface area (Å²) in [6.45, 7) is 8.94. The van der Waals surface area contributed by atoms with E-state index < -0.39 is 0 Å². The Bertz CT molecular complexity index is 707. The van der Waals surface area contributed by atoms with Gasteiger partial charge in [-0.25, -0.2) is 4.79 Å². The molecule has 1 unspecified atom stereocenters. The van der Waals surface area contributed by atoms with E-state index in [1.165, 1.54) is 5.56 Å². The molecule has 1 atom stereocenters. The zero-order chi connectivity index (χ0) is 21.3. The maximum atomic E-state index is 11.9. The summed E-state index contributed by atoms with van der Waals surface area (Å²) >= 11 is 6.10. The molecule has 0 radical (unpaired) electrons.